The monoisotopic (exact) mass is 430 g/mol. The van der Waals surface area contributed by atoms with Crippen molar-refractivity contribution in [2.24, 2.45) is 12.0 Å². The van der Waals surface area contributed by atoms with Crippen molar-refractivity contribution in [2.75, 3.05) is 54.1 Å². The highest BCUT2D eigenvalue weighted by molar-refractivity contribution is 5.80. The number of aliphatic imine (C=N–C) groups is 1. The second kappa shape index (κ2) is 10.9. The molecule has 31 heavy (non-hydrogen) atoms. The molecule has 0 saturated carbocycles. The number of benzene rings is 1. The van der Waals surface area contributed by atoms with E-state index in [9.17, 15) is 0 Å². The summed E-state index contributed by atoms with van der Waals surface area (Å²) in [4.78, 5) is 9.58. The number of hydrogen-bond acceptors (Lipinski definition) is 6. The Balaban J connectivity index is 1.62. The van der Waals surface area contributed by atoms with Gasteiger partial charge in [0.1, 0.15) is 0 Å². The molecule has 0 unspecified atom stereocenters. The van der Waals surface area contributed by atoms with Crippen LogP contribution in [0.15, 0.2) is 29.4 Å². The van der Waals surface area contributed by atoms with Crippen molar-refractivity contribution in [2.45, 2.75) is 20.0 Å². The average Bonchev–Trinajstić information content (AvgIpc) is 3.21. The molecule has 1 aromatic heterocycles. The molecular formula is C22H34N6O3. The first kappa shape index (κ1) is 22.7. The summed E-state index contributed by atoms with van der Waals surface area (Å²) in [6.45, 7) is 8.12. The van der Waals surface area contributed by atoms with Gasteiger partial charge in [-0.25, -0.2) is 4.99 Å². The summed E-state index contributed by atoms with van der Waals surface area (Å²) in [5.41, 5.74) is 2.23. The lowest BCUT2D eigenvalue weighted by atomic mass is 10.1. The minimum Gasteiger partial charge on any atom is -0.493 e. The topological polar surface area (TPSA) is 76.4 Å². The van der Waals surface area contributed by atoms with Crippen LogP contribution >= 0.6 is 0 Å². The van der Waals surface area contributed by atoms with Crippen molar-refractivity contribution in [3.05, 3.63) is 35.7 Å². The lowest BCUT2D eigenvalue weighted by molar-refractivity contribution is 0.172. The van der Waals surface area contributed by atoms with E-state index in [1.165, 1.54) is 0 Å². The molecule has 9 nitrogen and oxygen atoms in total. The van der Waals surface area contributed by atoms with Crippen LogP contribution in [0.25, 0.3) is 0 Å². The van der Waals surface area contributed by atoms with Crippen LogP contribution in [0.5, 0.6) is 17.2 Å². The lowest BCUT2D eigenvalue weighted by Crippen LogP contribution is -2.52. The second-order valence-corrected chi connectivity index (χ2v) is 7.41. The average molecular weight is 431 g/mol. The maximum absolute atomic E-state index is 5.49. The number of ether oxygens (including phenoxy) is 3. The number of nitrogens with one attached hydrogen (secondary N) is 1. The molecule has 1 aliphatic rings. The van der Waals surface area contributed by atoms with Crippen molar-refractivity contribution in [3.63, 3.8) is 0 Å². The van der Waals surface area contributed by atoms with E-state index in [1.807, 2.05) is 29.9 Å². The van der Waals surface area contributed by atoms with Crippen LogP contribution in [0.1, 0.15) is 18.2 Å². The number of hydrogen-bond donors (Lipinski definition) is 1. The molecule has 1 saturated heterocycles. The van der Waals surface area contributed by atoms with E-state index >= 15 is 0 Å². The van der Waals surface area contributed by atoms with Crippen LogP contribution in [0.2, 0.25) is 0 Å². The molecule has 9 heteroatoms. The molecule has 0 atom stereocenters. The van der Waals surface area contributed by atoms with E-state index in [-0.39, 0.29) is 0 Å². The molecule has 0 aliphatic carbocycles. The third-order valence-electron chi connectivity index (χ3n) is 5.45. The summed E-state index contributed by atoms with van der Waals surface area (Å²) in [5, 5.41) is 7.64. The van der Waals surface area contributed by atoms with Gasteiger partial charge in [0, 0.05) is 52.5 Å². The van der Waals surface area contributed by atoms with E-state index in [1.54, 1.807) is 27.5 Å². The maximum atomic E-state index is 5.49. The Labute approximate surface area is 184 Å². The maximum Gasteiger partial charge on any atom is 0.203 e. The normalized spacial score (nSPS) is 15.1. The van der Waals surface area contributed by atoms with Crippen molar-refractivity contribution >= 4 is 5.96 Å². The molecule has 0 spiro atoms. The van der Waals surface area contributed by atoms with Crippen molar-refractivity contribution in [3.8, 4) is 17.2 Å². The van der Waals surface area contributed by atoms with Crippen molar-refractivity contribution in [1.82, 2.24) is 24.9 Å². The van der Waals surface area contributed by atoms with Gasteiger partial charge in [0.15, 0.2) is 17.5 Å². The number of rotatable bonds is 8. The molecule has 1 aliphatic heterocycles. The first-order valence-corrected chi connectivity index (χ1v) is 10.6. The number of guanidine groups is 1. The van der Waals surface area contributed by atoms with Gasteiger partial charge in [0.05, 0.1) is 33.6 Å². The Morgan fingerprint density at radius 3 is 2.26 bits per heavy atom. The Morgan fingerprint density at radius 2 is 1.74 bits per heavy atom. The molecule has 0 radical (unpaired) electrons. The summed E-state index contributed by atoms with van der Waals surface area (Å²) in [5.74, 6) is 2.95. The van der Waals surface area contributed by atoms with E-state index in [0.717, 1.165) is 56.5 Å². The largest absolute Gasteiger partial charge is 0.493 e. The fourth-order valence-electron chi connectivity index (χ4n) is 3.74. The fourth-order valence-corrected chi connectivity index (χ4v) is 3.74. The first-order chi connectivity index (χ1) is 15.1. The fraction of sp³-hybridized carbons (Fsp3) is 0.545. The third-order valence-corrected chi connectivity index (χ3v) is 5.45. The van der Waals surface area contributed by atoms with Gasteiger partial charge in [-0.3, -0.25) is 9.58 Å². The highest BCUT2D eigenvalue weighted by Gasteiger charge is 2.21. The predicted octanol–water partition coefficient (Wildman–Crippen LogP) is 1.73. The summed E-state index contributed by atoms with van der Waals surface area (Å²) in [6, 6.07) is 6.04. The van der Waals surface area contributed by atoms with Crippen molar-refractivity contribution in [1.29, 1.82) is 0 Å². The highest BCUT2D eigenvalue weighted by Crippen LogP contribution is 2.38. The van der Waals surface area contributed by atoms with Crippen LogP contribution in [0, 0.1) is 0 Å². The zero-order chi connectivity index (χ0) is 22.2. The first-order valence-electron chi connectivity index (χ1n) is 10.6. The van der Waals surface area contributed by atoms with E-state index in [4.69, 9.17) is 19.2 Å². The van der Waals surface area contributed by atoms with Gasteiger partial charge in [-0.05, 0) is 30.7 Å². The number of aromatic nitrogens is 2. The standard InChI is InChI=1S/C22H34N6O3/c1-6-23-22(24-15-18-7-8-25-26(18)2)28-11-9-27(10-12-28)16-17-13-19(29-3)21(31-5)20(14-17)30-4/h7-8,13-14H,6,9-12,15-16H2,1-5H3,(H,23,24). The molecular weight excluding hydrogens is 396 g/mol. The summed E-state index contributed by atoms with van der Waals surface area (Å²) in [7, 11) is 6.86. The molecule has 1 aromatic carbocycles. The number of nitrogens with zero attached hydrogens (tertiary/aromatic N) is 5. The minimum absolute atomic E-state index is 0.616. The highest BCUT2D eigenvalue weighted by atomic mass is 16.5. The Morgan fingerprint density at radius 1 is 1.06 bits per heavy atom. The van der Waals surface area contributed by atoms with E-state index in [0.29, 0.717) is 23.8 Å². The Kier molecular flexibility index (Phi) is 8.00. The molecule has 0 bridgehead atoms. The molecule has 1 fully saturated rings. The zero-order valence-corrected chi connectivity index (χ0v) is 19.2. The summed E-state index contributed by atoms with van der Waals surface area (Å²) in [6.07, 6.45) is 1.81. The lowest BCUT2D eigenvalue weighted by Gasteiger charge is -2.36. The van der Waals surface area contributed by atoms with Crippen LogP contribution in [-0.4, -0.2) is 79.6 Å². The number of methoxy groups -OCH3 is 3. The van der Waals surface area contributed by atoms with Crippen LogP contribution in [0.3, 0.4) is 0 Å². The Bertz CT molecular complexity index is 849. The summed E-state index contributed by atoms with van der Waals surface area (Å²) >= 11 is 0. The number of piperazine rings is 1. The zero-order valence-electron chi connectivity index (χ0n) is 19.2. The summed E-state index contributed by atoms with van der Waals surface area (Å²) < 4.78 is 18.3. The van der Waals surface area contributed by atoms with Crippen LogP contribution in [0.4, 0.5) is 0 Å². The third kappa shape index (κ3) is 5.61. The van der Waals surface area contributed by atoms with Crippen LogP contribution < -0.4 is 19.5 Å². The van der Waals surface area contributed by atoms with Gasteiger partial charge in [0.25, 0.3) is 0 Å². The predicted molar refractivity (Wildman–Crippen MR) is 121 cm³/mol. The quantitative estimate of drug-likeness (QED) is 0.505. The number of aryl methyl sites for hydroxylation is 1. The van der Waals surface area contributed by atoms with Gasteiger partial charge < -0.3 is 24.4 Å². The molecule has 1 N–H and O–H groups in total. The van der Waals surface area contributed by atoms with Crippen LogP contribution in [-0.2, 0) is 20.1 Å². The van der Waals surface area contributed by atoms with Gasteiger partial charge in [0.2, 0.25) is 5.75 Å². The molecule has 2 aromatic rings. The smallest absolute Gasteiger partial charge is 0.203 e. The second-order valence-electron chi connectivity index (χ2n) is 7.41. The van der Waals surface area contributed by atoms with E-state index in [2.05, 4.69) is 27.1 Å². The Hall–Kier alpha value is -2.94. The van der Waals surface area contributed by atoms with E-state index < -0.39 is 0 Å². The minimum atomic E-state index is 0.616. The van der Waals surface area contributed by atoms with Gasteiger partial charge >= 0.3 is 0 Å². The molecule has 3 rings (SSSR count). The van der Waals surface area contributed by atoms with Gasteiger partial charge in [-0.15, -0.1) is 0 Å². The molecule has 2 heterocycles. The van der Waals surface area contributed by atoms with Crippen molar-refractivity contribution < 1.29 is 14.2 Å². The molecule has 0 amide bonds. The van der Waals surface area contributed by atoms with Gasteiger partial charge in [-0.2, -0.15) is 5.10 Å². The SMILES string of the molecule is CCNC(=NCc1ccnn1C)N1CCN(Cc2cc(OC)c(OC)c(OC)c2)CC1. The molecule has 170 valence electrons. The van der Waals surface area contributed by atoms with Gasteiger partial charge in [-0.1, -0.05) is 0 Å².